The van der Waals surface area contributed by atoms with E-state index in [9.17, 15) is 4.79 Å². The van der Waals surface area contributed by atoms with E-state index >= 15 is 0 Å². The molecule has 3 aromatic rings. The number of fused-ring (bicyclic) bond motifs is 1. The molecule has 0 fully saturated rings. The van der Waals surface area contributed by atoms with Crippen LogP contribution in [0.3, 0.4) is 0 Å². The summed E-state index contributed by atoms with van der Waals surface area (Å²) in [5.41, 5.74) is 6.75. The van der Waals surface area contributed by atoms with Gasteiger partial charge < -0.3 is 10.1 Å². The van der Waals surface area contributed by atoms with E-state index in [-0.39, 0.29) is 5.91 Å². The number of pyridine rings is 1. The lowest BCUT2D eigenvalue weighted by molar-refractivity contribution is -0.116. The zero-order chi connectivity index (χ0) is 19.3. The van der Waals surface area contributed by atoms with Crippen LogP contribution in [0.1, 0.15) is 28.7 Å². The Labute approximate surface area is 164 Å². The molecule has 0 saturated heterocycles. The molecular weight excluding hydrogens is 348 g/mol. The smallest absolute Gasteiger partial charge is 0.224 e. The Hall–Kier alpha value is -3.40. The van der Waals surface area contributed by atoms with Gasteiger partial charge in [0.2, 0.25) is 5.91 Å². The Balaban J connectivity index is 1.72. The molecule has 4 rings (SSSR count). The average molecular weight is 370 g/mol. The summed E-state index contributed by atoms with van der Waals surface area (Å²) in [6, 6.07) is 18.4. The van der Waals surface area contributed by atoms with Crippen LogP contribution in [0.15, 0.2) is 67.0 Å². The number of ether oxygens (including phenoxy) is 1. The zero-order valence-corrected chi connectivity index (χ0v) is 15.8. The topological polar surface area (TPSA) is 51.2 Å². The quantitative estimate of drug-likeness (QED) is 0.659. The number of hydrogen-bond acceptors (Lipinski definition) is 3. The number of nitrogens with one attached hydrogen (secondary N) is 1. The van der Waals surface area contributed by atoms with Gasteiger partial charge in [-0.25, -0.2) is 0 Å². The van der Waals surface area contributed by atoms with Crippen LogP contribution in [0.2, 0.25) is 0 Å². The number of amides is 1. The Bertz CT molecular complexity index is 1010. The summed E-state index contributed by atoms with van der Waals surface area (Å²) in [5, 5.41) is 2.96. The molecule has 2 heterocycles. The maximum absolute atomic E-state index is 11.6. The Morgan fingerprint density at radius 3 is 2.75 bits per heavy atom. The summed E-state index contributed by atoms with van der Waals surface area (Å²) in [4.78, 5) is 15.9. The highest BCUT2D eigenvalue weighted by Crippen LogP contribution is 2.29. The lowest BCUT2D eigenvalue weighted by atomic mass is 9.93. The molecule has 0 aliphatic carbocycles. The van der Waals surface area contributed by atoms with Gasteiger partial charge in [0, 0.05) is 24.5 Å². The monoisotopic (exact) mass is 370 g/mol. The average Bonchev–Trinajstić information content (AvgIpc) is 2.74. The summed E-state index contributed by atoms with van der Waals surface area (Å²) in [7, 11) is 1.67. The van der Waals surface area contributed by atoms with Crippen LogP contribution in [-0.2, 0) is 17.6 Å². The van der Waals surface area contributed by atoms with E-state index in [4.69, 9.17) is 4.74 Å². The molecule has 1 aliphatic rings. The van der Waals surface area contributed by atoms with Crippen molar-refractivity contribution in [1.82, 2.24) is 4.98 Å². The third-order valence-electron chi connectivity index (χ3n) is 4.95. The van der Waals surface area contributed by atoms with Crippen molar-refractivity contribution in [2.45, 2.75) is 19.3 Å². The number of rotatable bonds is 5. The van der Waals surface area contributed by atoms with Gasteiger partial charge in [-0.15, -0.1) is 0 Å². The first-order chi connectivity index (χ1) is 13.7. The number of aryl methyl sites for hydroxylation is 1. The van der Waals surface area contributed by atoms with Crippen molar-refractivity contribution in [3.8, 4) is 5.75 Å². The van der Waals surface area contributed by atoms with Gasteiger partial charge in [-0.3, -0.25) is 9.78 Å². The molecule has 1 amide bonds. The molecule has 1 aromatic heterocycles. The molecule has 0 spiro atoms. The number of aromatic nitrogens is 1. The van der Waals surface area contributed by atoms with E-state index in [0.29, 0.717) is 6.42 Å². The SMILES string of the molecule is COc1ccc(/C=C(/Cc2cccnc2)c2ccc3c(c2)CCC(=O)N3)cc1. The van der Waals surface area contributed by atoms with E-state index in [2.05, 4.69) is 46.7 Å². The fourth-order valence-electron chi connectivity index (χ4n) is 3.44. The number of carbonyl (C=O) groups is 1. The van der Waals surface area contributed by atoms with Gasteiger partial charge in [-0.1, -0.05) is 30.3 Å². The Kier molecular flexibility index (Phi) is 5.20. The highest BCUT2D eigenvalue weighted by molar-refractivity contribution is 5.94. The summed E-state index contributed by atoms with van der Waals surface area (Å²) in [5.74, 6) is 0.931. The van der Waals surface area contributed by atoms with Crippen LogP contribution >= 0.6 is 0 Å². The van der Waals surface area contributed by atoms with Crippen LogP contribution in [0.4, 0.5) is 5.69 Å². The first-order valence-electron chi connectivity index (χ1n) is 9.38. The van der Waals surface area contributed by atoms with E-state index < -0.39 is 0 Å². The van der Waals surface area contributed by atoms with Gasteiger partial charge in [0.05, 0.1) is 7.11 Å². The van der Waals surface area contributed by atoms with Crippen molar-refractivity contribution < 1.29 is 9.53 Å². The molecule has 140 valence electrons. The lowest BCUT2D eigenvalue weighted by Crippen LogP contribution is -2.18. The third-order valence-corrected chi connectivity index (χ3v) is 4.95. The van der Waals surface area contributed by atoms with Crippen molar-refractivity contribution >= 4 is 23.2 Å². The van der Waals surface area contributed by atoms with Crippen molar-refractivity contribution in [1.29, 1.82) is 0 Å². The van der Waals surface area contributed by atoms with Crippen LogP contribution in [-0.4, -0.2) is 18.0 Å². The molecule has 2 aromatic carbocycles. The highest BCUT2D eigenvalue weighted by atomic mass is 16.5. The number of allylic oxidation sites excluding steroid dienone is 1. The minimum Gasteiger partial charge on any atom is -0.497 e. The number of carbonyl (C=O) groups excluding carboxylic acids is 1. The number of anilines is 1. The highest BCUT2D eigenvalue weighted by Gasteiger charge is 2.16. The van der Waals surface area contributed by atoms with Gasteiger partial charge in [-0.2, -0.15) is 0 Å². The molecule has 28 heavy (non-hydrogen) atoms. The van der Waals surface area contributed by atoms with Crippen molar-refractivity contribution in [2.75, 3.05) is 12.4 Å². The largest absolute Gasteiger partial charge is 0.497 e. The van der Waals surface area contributed by atoms with E-state index in [1.807, 2.05) is 30.5 Å². The number of hydrogen-bond donors (Lipinski definition) is 1. The van der Waals surface area contributed by atoms with Crippen molar-refractivity contribution in [3.63, 3.8) is 0 Å². The fourth-order valence-corrected chi connectivity index (χ4v) is 3.44. The van der Waals surface area contributed by atoms with Crippen LogP contribution < -0.4 is 10.1 Å². The van der Waals surface area contributed by atoms with Gasteiger partial charge in [-0.05, 0) is 71.0 Å². The normalized spacial score (nSPS) is 13.6. The molecule has 1 aliphatic heterocycles. The van der Waals surface area contributed by atoms with Crippen LogP contribution in [0, 0.1) is 0 Å². The van der Waals surface area contributed by atoms with E-state index in [1.54, 1.807) is 13.3 Å². The van der Waals surface area contributed by atoms with Gasteiger partial charge in [0.15, 0.2) is 0 Å². The second-order valence-corrected chi connectivity index (χ2v) is 6.90. The molecule has 0 saturated carbocycles. The summed E-state index contributed by atoms with van der Waals surface area (Å²) < 4.78 is 5.26. The Morgan fingerprint density at radius 1 is 1.14 bits per heavy atom. The number of nitrogens with zero attached hydrogens (tertiary/aromatic N) is 1. The number of methoxy groups -OCH3 is 1. The third kappa shape index (κ3) is 4.12. The molecule has 4 heteroatoms. The molecule has 0 unspecified atom stereocenters. The van der Waals surface area contributed by atoms with Gasteiger partial charge >= 0.3 is 0 Å². The maximum Gasteiger partial charge on any atom is 0.224 e. The summed E-state index contributed by atoms with van der Waals surface area (Å²) in [6.45, 7) is 0. The zero-order valence-electron chi connectivity index (χ0n) is 15.8. The van der Waals surface area contributed by atoms with Crippen molar-refractivity contribution in [2.24, 2.45) is 0 Å². The second kappa shape index (κ2) is 8.09. The Morgan fingerprint density at radius 2 is 2.00 bits per heavy atom. The van der Waals surface area contributed by atoms with E-state index in [1.165, 1.54) is 11.1 Å². The van der Waals surface area contributed by atoms with Crippen LogP contribution in [0.25, 0.3) is 11.6 Å². The molecule has 0 bridgehead atoms. The molecule has 0 radical (unpaired) electrons. The number of benzene rings is 2. The van der Waals surface area contributed by atoms with Gasteiger partial charge in [0.1, 0.15) is 5.75 Å². The maximum atomic E-state index is 11.6. The molecule has 1 N–H and O–H groups in total. The fraction of sp³-hybridized carbons (Fsp3) is 0.167. The first kappa shape index (κ1) is 18.0. The summed E-state index contributed by atoms with van der Waals surface area (Å²) in [6.07, 6.45) is 7.99. The predicted octanol–water partition coefficient (Wildman–Crippen LogP) is 4.76. The first-order valence-corrected chi connectivity index (χ1v) is 9.38. The summed E-state index contributed by atoms with van der Waals surface area (Å²) >= 11 is 0. The lowest BCUT2D eigenvalue weighted by Gasteiger charge is -2.18. The molecule has 4 nitrogen and oxygen atoms in total. The molecule has 0 atom stereocenters. The van der Waals surface area contributed by atoms with Crippen molar-refractivity contribution in [3.05, 3.63) is 89.2 Å². The minimum atomic E-state index is 0.0876. The van der Waals surface area contributed by atoms with E-state index in [0.717, 1.165) is 41.0 Å². The predicted molar refractivity (Wildman–Crippen MR) is 112 cm³/mol. The second-order valence-electron chi connectivity index (χ2n) is 6.90. The minimum absolute atomic E-state index is 0.0876. The van der Waals surface area contributed by atoms with Gasteiger partial charge in [0.25, 0.3) is 0 Å². The van der Waals surface area contributed by atoms with Crippen LogP contribution in [0.5, 0.6) is 5.75 Å². The standard InChI is InChI=1S/C24H22N2O2/c1-28-22-8-4-17(5-9-22)13-21(14-18-3-2-12-25-16-18)19-6-10-23-20(15-19)7-11-24(27)26-23/h2-6,8-10,12-13,15-16H,7,11,14H2,1H3,(H,26,27)/b21-13-. The molecular formula is C24H22N2O2.